The fraction of sp³-hybridized carbons (Fsp3) is 0.222. The Bertz CT molecular complexity index is 377. The van der Waals surface area contributed by atoms with Crippen LogP contribution in [0.3, 0.4) is 0 Å². The van der Waals surface area contributed by atoms with E-state index in [2.05, 4.69) is 25.4 Å². The van der Waals surface area contributed by atoms with Crippen molar-refractivity contribution in [3.05, 3.63) is 21.4 Å². The highest BCUT2D eigenvalue weighted by Gasteiger charge is 2.25. The molecular formula is C9H9BrO4S. The van der Waals surface area contributed by atoms with E-state index in [-0.39, 0.29) is 4.86 Å². The number of esters is 2. The average Bonchev–Trinajstić information content (AvgIpc) is 2.64. The maximum Gasteiger partial charge on any atom is 0.351 e. The minimum atomic E-state index is -0.705. The number of allylic oxidation sites excluding steroid dienone is 2. The maximum absolute atomic E-state index is 11.4. The van der Waals surface area contributed by atoms with Crippen molar-refractivity contribution in [1.29, 1.82) is 0 Å². The number of carbonyl (C=O) groups is 2. The first-order valence-electron chi connectivity index (χ1n) is 3.92. The van der Waals surface area contributed by atoms with Gasteiger partial charge in [0.15, 0.2) is 4.86 Å². The highest BCUT2D eigenvalue weighted by Crippen LogP contribution is 2.38. The van der Waals surface area contributed by atoms with E-state index in [1.54, 1.807) is 17.6 Å². The van der Waals surface area contributed by atoms with E-state index in [4.69, 9.17) is 0 Å². The first-order chi connectivity index (χ1) is 7.11. The summed E-state index contributed by atoms with van der Waals surface area (Å²) in [5.41, 5.74) is 0. The van der Waals surface area contributed by atoms with Crippen molar-refractivity contribution >= 4 is 43.2 Å². The number of ether oxygens (including phenoxy) is 2. The third kappa shape index (κ3) is 2.57. The number of methoxy groups -OCH3 is 2. The molecule has 1 unspecified atom stereocenters. The lowest BCUT2D eigenvalue weighted by atomic mass is 10.4. The number of carbonyl (C=O) groups excluding carboxylic acids is 2. The quantitative estimate of drug-likeness (QED) is 0.440. The first kappa shape index (κ1) is 12.2. The van der Waals surface area contributed by atoms with Gasteiger partial charge in [-0.25, -0.2) is 9.59 Å². The molecule has 4 nitrogen and oxygen atoms in total. The van der Waals surface area contributed by atoms with E-state index in [0.29, 0.717) is 0 Å². The molecule has 0 radical (unpaired) electrons. The van der Waals surface area contributed by atoms with Crippen LogP contribution in [0, 0.1) is 0 Å². The van der Waals surface area contributed by atoms with Gasteiger partial charge in [0.05, 0.1) is 14.2 Å². The van der Waals surface area contributed by atoms with Crippen molar-refractivity contribution in [2.75, 3.05) is 14.2 Å². The molecule has 1 atom stereocenters. The van der Waals surface area contributed by atoms with E-state index < -0.39 is 22.4 Å². The number of halogens is 1. The molecule has 1 aliphatic rings. The van der Waals surface area contributed by atoms with Gasteiger partial charge in [-0.3, -0.25) is 0 Å². The number of hydrogen-bond acceptors (Lipinski definition) is 4. The zero-order valence-corrected chi connectivity index (χ0v) is 10.6. The zero-order valence-electron chi connectivity index (χ0n) is 8.15. The lowest BCUT2D eigenvalue weighted by molar-refractivity contribution is -0.137. The predicted molar refractivity (Wildman–Crippen MR) is 62.8 cm³/mol. The van der Waals surface area contributed by atoms with E-state index in [1.165, 1.54) is 14.2 Å². The molecule has 0 aromatic carbocycles. The smallest absolute Gasteiger partial charge is 0.351 e. The summed E-state index contributed by atoms with van der Waals surface area (Å²) in [5.74, 6) is -1.33. The summed E-state index contributed by atoms with van der Waals surface area (Å²) in [5, 5.41) is 1.74. The highest BCUT2D eigenvalue weighted by atomic mass is 79.9. The molecule has 0 aliphatic carbocycles. The van der Waals surface area contributed by atoms with Crippen molar-refractivity contribution in [2.45, 2.75) is 0 Å². The van der Waals surface area contributed by atoms with Gasteiger partial charge in [-0.05, 0) is 27.4 Å². The third-order valence-corrected chi connectivity index (χ3v) is 4.68. The van der Waals surface area contributed by atoms with Crippen molar-refractivity contribution in [2.24, 2.45) is 0 Å². The summed E-state index contributed by atoms with van der Waals surface area (Å²) >= 11 is 3.27. The van der Waals surface area contributed by atoms with E-state index in [0.717, 1.165) is 3.81 Å². The van der Waals surface area contributed by atoms with Gasteiger partial charge in [0.2, 0.25) is 0 Å². The normalized spacial score (nSPS) is 18.3. The Morgan fingerprint density at radius 3 is 2.13 bits per heavy atom. The molecule has 1 heterocycles. The van der Waals surface area contributed by atoms with E-state index in [9.17, 15) is 9.59 Å². The largest absolute Gasteiger partial charge is 0.465 e. The Morgan fingerprint density at radius 1 is 1.27 bits per heavy atom. The van der Waals surface area contributed by atoms with Crippen LogP contribution in [0.25, 0.3) is 0 Å². The molecule has 0 fully saturated rings. The molecule has 0 spiro atoms. The molecule has 1 rings (SSSR count). The molecular weight excluding hydrogens is 284 g/mol. The minimum absolute atomic E-state index is 0.00289. The van der Waals surface area contributed by atoms with Gasteiger partial charge >= 0.3 is 11.9 Å². The second kappa shape index (κ2) is 5.27. The molecule has 0 bridgehead atoms. The molecule has 0 saturated carbocycles. The molecule has 15 heavy (non-hydrogen) atoms. The first-order valence-corrected chi connectivity index (χ1v) is 6.00. The fourth-order valence-corrected chi connectivity index (χ4v) is 3.36. The van der Waals surface area contributed by atoms with Gasteiger partial charge in [-0.2, -0.15) is 0 Å². The molecule has 6 heteroatoms. The lowest BCUT2D eigenvalue weighted by Crippen LogP contribution is -2.26. The molecule has 1 aliphatic heterocycles. The van der Waals surface area contributed by atoms with Crippen LogP contribution in [0.15, 0.2) is 21.4 Å². The summed E-state index contributed by atoms with van der Waals surface area (Å²) in [6, 6.07) is 0. The van der Waals surface area contributed by atoms with Crippen LogP contribution in [-0.4, -0.2) is 31.0 Å². The lowest BCUT2D eigenvalue weighted by Gasteiger charge is -2.07. The van der Waals surface area contributed by atoms with E-state index >= 15 is 0 Å². The van der Waals surface area contributed by atoms with Crippen LogP contribution in [0.2, 0.25) is 0 Å². The number of rotatable bonds is 2. The van der Waals surface area contributed by atoms with Crippen molar-refractivity contribution in [1.82, 2.24) is 0 Å². The van der Waals surface area contributed by atoms with Gasteiger partial charge in [-0.1, -0.05) is 6.08 Å². The average molecular weight is 293 g/mol. The Morgan fingerprint density at radius 2 is 1.80 bits per heavy atom. The second-order valence-corrected chi connectivity index (χ2v) is 5.62. The second-order valence-electron chi connectivity index (χ2n) is 2.45. The van der Waals surface area contributed by atoms with Gasteiger partial charge in [0, 0.05) is 3.81 Å². The van der Waals surface area contributed by atoms with Crippen molar-refractivity contribution in [3.63, 3.8) is 0 Å². The van der Waals surface area contributed by atoms with Crippen LogP contribution in [-0.2, 0) is 19.1 Å². The Labute approximate surface area is 98.0 Å². The predicted octanol–water partition coefficient (Wildman–Crippen LogP) is 1.54. The van der Waals surface area contributed by atoms with Crippen LogP contribution >= 0.6 is 26.4 Å². The molecule has 0 N–H and O–H groups in total. The van der Waals surface area contributed by atoms with Crippen molar-refractivity contribution in [3.8, 4) is 0 Å². The fourth-order valence-electron chi connectivity index (χ4n) is 0.946. The summed E-state index contributed by atoms with van der Waals surface area (Å²) in [6.45, 7) is 0. The molecule has 82 valence electrons. The highest BCUT2D eigenvalue weighted by molar-refractivity contribution is 9.14. The standard InChI is InChI=1S/C9H9BrO4S/c1-13-8(11)7(9(12)14-2)15-5-3-4-6(15)10/h3-5H,1-2H3. The van der Waals surface area contributed by atoms with Crippen LogP contribution in [0.4, 0.5) is 0 Å². The van der Waals surface area contributed by atoms with Gasteiger partial charge in [0.25, 0.3) is 0 Å². The Hall–Kier alpha value is -0.880. The number of hydrogen-bond donors (Lipinski definition) is 0. The van der Waals surface area contributed by atoms with Gasteiger partial charge < -0.3 is 9.47 Å². The SMILES string of the molecule is COC(=O)C(C(=O)OC)=S1C=CC=C1Br. The molecule has 0 amide bonds. The molecule has 0 aromatic rings. The molecule has 0 aromatic heterocycles. The van der Waals surface area contributed by atoms with Crippen LogP contribution in [0.1, 0.15) is 0 Å². The summed E-state index contributed by atoms with van der Waals surface area (Å²) in [6.07, 6.45) is 3.54. The summed E-state index contributed by atoms with van der Waals surface area (Å²) < 4.78 is 9.85. The molecule has 0 saturated heterocycles. The minimum Gasteiger partial charge on any atom is -0.465 e. The van der Waals surface area contributed by atoms with Gasteiger partial charge in [-0.15, -0.1) is 10.5 Å². The Kier molecular flexibility index (Phi) is 4.28. The monoisotopic (exact) mass is 292 g/mol. The zero-order chi connectivity index (χ0) is 11.4. The van der Waals surface area contributed by atoms with E-state index in [1.807, 2.05) is 0 Å². The van der Waals surface area contributed by atoms with Crippen LogP contribution in [0.5, 0.6) is 0 Å². The van der Waals surface area contributed by atoms with Crippen LogP contribution < -0.4 is 0 Å². The third-order valence-electron chi connectivity index (χ3n) is 1.61. The topological polar surface area (TPSA) is 52.6 Å². The summed E-state index contributed by atoms with van der Waals surface area (Å²) in [7, 11) is 1.75. The Balaban J connectivity index is 3.22. The van der Waals surface area contributed by atoms with Gasteiger partial charge in [0.1, 0.15) is 0 Å². The summed E-state index contributed by atoms with van der Waals surface area (Å²) in [4.78, 5) is 22.8. The maximum atomic E-state index is 11.4. The van der Waals surface area contributed by atoms with Crippen molar-refractivity contribution < 1.29 is 19.1 Å².